The molecule has 0 saturated heterocycles. The smallest absolute Gasteiger partial charge is 0.299 e. The zero-order valence-corrected chi connectivity index (χ0v) is 8.92. The highest BCUT2D eigenvalue weighted by molar-refractivity contribution is 6.52. The van der Waals surface area contributed by atoms with Crippen molar-refractivity contribution in [2.45, 2.75) is 0 Å². The number of rotatable bonds is 2. The number of halogens is 2. The maximum atomic E-state index is 13.2. The van der Waals surface area contributed by atoms with Gasteiger partial charge in [-0.05, 0) is 12.1 Å². The molecule has 0 aliphatic carbocycles. The van der Waals surface area contributed by atoms with Crippen molar-refractivity contribution in [3.8, 4) is 0 Å². The van der Waals surface area contributed by atoms with E-state index in [-0.39, 0.29) is 17.1 Å². The fourth-order valence-corrected chi connectivity index (χ4v) is 1.76. The first-order valence-electron chi connectivity index (χ1n) is 4.52. The van der Waals surface area contributed by atoms with E-state index < -0.39 is 17.5 Å². The molecule has 0 radical (unpaired) electrons. The molecule has 0 N–H and O–H groups in total. The maximum absolute atomic E-state index is 13.2. The predicted octanol–water partition coefficient (Wildman–Crippen LogP) is 2.19. The van der Waals surface area contributed by atoms with Crippen LogP contribution in [0, 0.1) is 5.82 Å². The number of amides is 1. The summed E-state index contributed by atoms with van der Waals surface area (Å²) in [6.07, 6.45) is 1.48. The van der Waals surface area contributed by atoms with Gasteiger partial charge in [-0.15, -0.1) is 6.58 Å². The van der Waals surface area contributed by atoms with Crippen LogP contribution >= 0.6 is 11.6 Å². The molecule has 2 rings (SSSR count). The Morgan fingerprint density at radius 2 is 2.12 bits per heavy atom. The standard InChI is InChI=1S/C11H7ClFNO2/c1-2-3-14-9-5-7(12)8(13)4-6(9)10(15)11(14)16/h2,4-5H,1,3H2. The molecule has 16 heavy (non-hydrogen) atoms. The lowest BCUT2D eigenvalue weighted by Crippen LogP contribution is -2.29. The molecule has 82 valence electrons. The van der Waals surface area contributed by atoms with Gasteiger partial charge < -0.3 is 4.90 Å². The van der Waals surface area contributed by atoms with E-state index in [2.05, 4.69) is 6.58 Å². The Bertz CT molecular complexity index is 513. The van der Waals surface area contributed by atoms with Gasteiger partial charge in [-0.2, -0.15) is 0 Å². The van der Waals surface area contributed by atoms with Crippen LogP contribution in [0.2, 0.25) is 5.02 Å². The Morgan fingerprint density at radius 3 is 2.75 bits per heavy atom. The van der Waals surface area contributed by atoms with Crippen molar-refractivity contribution in [2.24, 2.45) is 0 Å². The van der Waals surface area contributed by atoms with Gasteiger partial charge in [0.05, 0.1) is 16.3 Å². The number of fused-ring (bicyclic) bond motifs is 1. The first-order valence-corrected chi connectivity index (χ1v) is 4.90. The molecule has 0 unspecified atom stereocenters. The average molecular weight is 240 g/mol. The third-order valence-electron chi connectivity index (χ3n) is 2.33. The van der Waals surface area contributed by atoms with Crippen LogP contribution in [0.15, 0.2) is 24.8 Å². The highest BCUT2D eigenvalue weighted by Crippen LogP contribution is 2.33. The van der Waals surface area contributed by atoms with Crippen LogP contribution in [0.4, 0.5) is 10.1 Å². The van der Waals surface area contributed by atoms with E-state index in [1.165, 1.54) is 17.0 Å². The lowest BCUT2D eigenvalue weighted by molar-refractivity contribution is -0.114. The van der Waals surface area contributed by atoms with Crippen molar-refractivity contribution < 1.29 is 14.0 Å². The molecule has 1 aliphatic heterocycles. The fourth-order valence-electron chi connectivity index (χ4n) is 1.60. The molecular formula is C11H7ClFNO2. The Hall–Kier alpha value is -1.68. The molecule has 0 saturated carbocycles. The second-order valence-electron chi connectivity index (χ2n) is 3.32. The fraction of sp³-hybridized carbons (Fsp3) is 0.0909. The van der Waals surface area contributed by atoms with Gasteiger partial charge in [-0.3, -0.25) is 9.59 Å². The van der Waals surface area contributed by atoms with E-state index in [1.807, 2.05) is 0 Å². The molecule has 1 amide bonds. The molecule has 5 heteroatoms. The summed E-state index contributed by atoms with van der Waals surface area (Å²) in [7, 11) is 0. The van der Waals surface area contributed by atoms with Crippen molar-refractivity contribution in [1.29, 1.82) is 0 Å². The molecule has 1 heterocycles. The van der Waals surface area contributed by atoms with Crippen LogP contribution in [0.1, 0.15) is 10.4 Å². The maximum Gasteiger partial charge on any atom is 0.299 e. The largest absolute Gasteiger partial charge is 0.301 e. The SMILES string of the molecule is C=CCN1C(=O)C(=O)c2cc(F)c(Cl)cc21. The Kier molecular flexibility index (Phi) is 2.52. The van der Waals surface area contributed by atoms with Gasteiger partial charge in [0.15, 0.2) is 0 Å². The number of ketones is 1. The van der Waals surface area contributed by atoms with E-state index in [4.69, 9.17) is 11.6 Å². The summed E-state index contributed by atoms with van der Waals surface area (Å²) in [5.74, 6) is -2.11. The lowest BCUT2D eigenvalue weighted by Gasteiger charge is -2.13. The van der Waals surface area contributed by atoms with Crippen molar-refractivity contribution in [3.05, 3.63) is 41.2 Å². The van der Waals surface area contributed by atoms with Gasteiger partial charge in [0, 0.05) is 6.54 Å². The highest BCUT2D eigenvalue weighted by Gasteiger charge is 2.35. The normalized spacial score (nSPS) is 14.2. The van der Waals surface area contributed by atoms with E-state index in [0.29, 0.717) is 5.69 Å². The van der Waals surface area contributed by atoms with Gasteiger partial charge in [0.25, 0.3) is 11.7 Å². The van der Waals surface area contributed by atoms with Gasteiger partial charge in [0.2, 0.25) is 0 Å². The third-order valence-corrected chi connectivity index (χ3v) is 2.61. The van der Waals surface area contributed by atoms with Gasteiger partial charge in [0.1, 0.15) is 5.82 Å². The first kappa shape index (κ1) is 10.8. The van der Waals surface area contributed by atoms with Crippen molar-refractivity contribution in [1.82, 2.24) is 0 Å². The van der Waals surface area contributed by atoms with E-state index in [0.717, 1.165) is 6.07 Å². The summed E-state index contributed by atoms with van der Waals surface area (Å²) in [6.45, 7) is 3.68. The number of hydrogen-bond acceptors (Lipinski definition) is 2. The summed E-state index contributed by atoms with van der Waals surface area (Å²) >= 11 is 5.60. The zero-order valence-electron chi connectivity index (χ0n) is 8.17. The van der Waals surface area contributed by atoms with Gasteiger partial charge in [-0.1, -0.05) is 17.7 Å². The van der Waals surface area contributed by atoms with Crippen LogP contribution < -0.4 is 4.90 Å². The molecule has 0 atom stereocenters. The van der Waals surface area contributed by atoms with Crippen LogP contribution in [0.5, 0.6) is 0 Å². The number of carbonyl (C=O) groups is 2. The monoisotopic (exact) mass is 239 g/mol. The zero-order chi connectivity index (χ0) is 11.9. The summed E-state index contributed by atoms with van der Waals surface area (Å²) in [5.41, 5.74) is 0.384. The van der Waals surface area contributed by atoms with Crippen LogP contribution in [-0.4, -0.2) is 18.2 Å². The average Bonchev–Trinajstić information content (AvgIpc) is 2.46. The lowest BCUT2D eigenvalue weighted by atomic mass is 10.1. The second kappa shape index (κ2) is 3.72. The molecule has 0 bridgehead atoms. The van der Waals surface area contributed by atoms with Crippen LogP contribution in [0.3, 0.4) is 0 Å². The number of nitrogens with zero attached hydrogens (tertiary/aromatic N) is 1. The Balaban J connectivity index is 2.61. The Labute approximate surface area is 96.1 Å². The number of benzene rings is 1. The molecule has 0 aromatic heterocycles. The number of carbonyl (C=O) groups excluding carboxylic acids is 2. The predicted molar refractivity (Wildman–Crippen MR) is 58.3 cm³/mol. The van der Waals surface area contributed by atoms with E-state index in [1.54, 1.807) is 0 Å². The van der Waals surface area contributed by atoms with Crippen LogP contribution in [0.25, 0.3) is 0 Å². The second-order valence-corrected chi connectivity index (χ2v) is 3.72. The number of Topliss-reactive ketones (excluding diaryl/α,β-unsaturated/α-hetero) is 1. The number of anilines is 1. The summed E-state index contributed by atoms with van der Waals surface area (Å²) in [6, 6.07) is 2.26. The van der Waals surface area contributed by atoms with Gasteiger partial charge in [-0.25, -0.2) is 4.39 Å². The van der Waals surface area contributed by atoms with Crippen LogP contribution in [-0.2, 0) is 4.79 Å². The summed E-state index contributed by atoms with van der Waals surface area (Å²) < 4.78 is 13.2. The Morgan fingerprint density at radius 1 is 1.44 bits per heavy atom. The van der Waals surface area contributed by atoms with E-state index >= 15 is 0 Å². The molecule has 0 fully saturated rings. The first-order chi connectivity index (χ1) is 7.56. The molecule has 0 spiro atoms. The molecule has 3 nitrogen and oxygen atoms in total. The van der Waals surface area contributed by atoms with Gasteiger partial charge >= 0.3 is 0 Å². The van der Waals surface area contributed by atoms with E-state index in [9.17, 15) is 14.0 Å². The summed E-state index contributed by atoms with van der Waals surface area (Å²) in [4.78, 5) is 24.3. The topological polar surface area (TPSA) is 37.4 Å². The quantitative estimate of drug-likeness (QED) is 0.586. The minimum Gasteiger partial charge on any atom is -0.301 e. The highest BCUT2D eigenvalue weighted by atomic mass is 35.5. The minimum absolute atomic E-state index is 0.0498. The minimum atomic E-state index is -0.715. The molecule has 1 aromatic carbocycles. The molecule has 1 aromatic rings. The summed E-state index contributed by atoms with van der Waals surface area (Å²) in [5, 5.41) is -0.115. The van der Waals surface area contributed by atoms with Crippen molar-refractivity contribution >= 4 is 29.0 Å². The van der Waals surface area contributed by atoms with Crippen molar-refractivity contribution in [2.75, 3.05) is 11.4 Å². The third kappa shape index (κ3) is 1.42. The number of hydrogen-bond donors (Lipinski definition) is 0. The van der Waals surface area contributed by atoms with Crippen molar-refractivity contribution in [3.63, 3.8) is 0 Å². The molecule has 1 aliphatic rings. The molecular weight excluding hydrogens is 233 g/mol.